The van der Waals surface area contributed by atoms with E-state index in [1.165, 1.54) is 0 Å². The van der Waals surface area contributed by atoms with E-state index in [0.29, 0.717) is 17.9 Å². The van der Waals surface area contributed by atoms with Crippen LogP contribution in [0, 0.1) is 23.5 Å². The summed E-state index contributed by atoms with van der Waals surface area (Å²) in [6, 6.07) is 12.1. The van der Waals surface area contributed by atoms with Crippen molar-refractivity contribution in [3.05, 3.63) is 83.4 Å². The second-order valence-electron chi connectivity index (χ2n) is 5.30. The highest BCUT2D eigenvalue weighted by Gasteiger charge is 2.20. The fourth-order valence-electron chi connectivity index (χ4n) is 2.18. The topological polar surface area (TPSA) is 47.0 Å². The molecular weight excluding hydrogens is 350 g/mol. The monoisotopic (exact) mass is 363 g/mol. The van der Waals surface area contributed by atoms with E-state index < -0.39 is 29.2 Å². The van der Waals surface area contributed by atoms with Gasteiger partial charge in [0.05, 0.1) is 5.69 Å². The number of rotatable bonds is 6. The van der Waals surface area contributed by atoms with Crippen LogP contribution in [0.15, 0.2) is 48.7 Å². The number of nitrogens with one attached hydrogen (secondary N) is 1. The average molecular weight is 363 g/mol. The maximum absolute atomic E-state index is 13.5. The minimum atomic E-state index is -1.70. The molecule has 3 aromatic rings. The molecule has 2 heterocycles. The zero-order valence-corrected chi connectivity index (χ0v) is 13.3. The molecule has 0 aliphatic rings. The molecule has 0 saturated heterocycles. The van der Waals surface area contributed by atoms with E-state index in [9.17, 15) is 17.6 Å². The largest absolute Gasteiger partial charge is 0.487 e. The molecule has 0 radical (unpaired) electrons. The van der Waals surface area contributed by atoms with Gasteiger partial charge in [-0.05, 0) is 29.8 Å². The summed E-state index contributed by atoms with van der Waals surface area (Å²) in [4.78, 5) is 6.63. The average Bonchev–Trinajstić information content (AvgIpc) is 2.66. The molecule has 134 valence electrons. The number of benzene rings is 1. The maximum Gasteiger partial charge on any atom is 0.253 e. The van der Waals surface area contributed by atoms with Crippen LogP contribution < -0.4 is 10.1 Å². The van der Waals surface area contributed by atoms with Gasteiger partial charge in [0.1, 0.15) is 18.0 Å². The van der Waals surface area contributed by atoms with Gasteiger partial charge in [-0.3, -0.25) is 4.98 Å². The van der Waals surface area contributed by atoms with Crippen molar-refractivity contribution in [2.45, 2.75) is 13.2 Å². The summed E-state index contributed by atoms with van der Waals surface area (Å²) >= 11 is 0. The fraction of sp³-hybridized carbons (Fsp3) is 0.111. The Hall–Kier alpha value is -3.16. The molecule has 0 unspecified atom stereocenters. The van der Waals surface area contributed by atoms with E-state index in [0.717, 1.165) is 5.69 Å². The maximum atomic E-state index is 13.5. The molecule has 0 amide bonds. The highest BCUT2D eigenvalue weighted by Crippen LogP contribution is 2.23. The Morgan fingerprint density at radius 1 is 0.885 bits per heavy atom. The molecule has 0 aliphatic carbocycles. The van der Waals surface area contributed by atoms with Gasteiger partial charge < -0.3 is 10.1 Å². The fourth-order valence-corrected chi connectivity index (χ4v) is 2.18. The highest BCUT2D eigenvalue weighted by molar-refractivity contribution is 5.46. The Bertz CT molecular complexity index is 863. The number of hydrogen-bond acceptors (Lipinski definition) is 4. The second kappa shape index (κ2) is 7.81. The molecule has 0 aliphatic heterocycles. The van der Waals surface area contributed by atoms with E-state index >= 15 is 0 Å². The van der Waals surface area contributed by atoms with E-state index in [1.807, 2.05) is 12.1 Å². The highest BCUT2D eigenvalue weighted by atomic mass is 19.2. The third-order valence-corrected chi connectivity index (χ3v) is 3.50. The van der Waals surface area contributed by atoms with Crippen molar-refractivity contribution >= 4 is 5.69 Å². The van der Waals surface area contributed by atoms with Crippen molar-refractivity contribution in [3.8, 4) is 5.75 Å². The lowest BCUT2D eigenvalue weighted by molar-refractivity contribution is 0.301. The Labute approximate surface area is 146 Å². The summed E-state index contributed by atoms with van der Waals surface area (Å²) in [5.74, 6) is -5.97. The summed E-state index contributed by atoms with van der Waals surface area (Å²) in [7, 11) is 0. The van der Waals surface area contributed by atoms with Gasteiger partial charge in [0, 0.05) is 12.7 Å². The Balaban J connectivity index is 1.62. The molecule has 0 atom stereocenters. The molecule has 4 nitrogen and oxygen atoms in total. The van der Waals surface area contributed by atoms with Gasteiger partial charge in [-0.25, -0.2) is 0 Å². The third kappa shape index (κ3) is 4.08. The van der Waals surface area contributed by atoms with Crippen molar-refractivity contribution in [2.24, 2.45) is 0 Å². The van der Waals surface area contributed by atoms with Crippen LogP contribution in [-0.2, 0) is 13.2 Å². The minimum absolute atomic E-state index is 0.0444. The molecular formula is C18H13F4N3O. The number of anilines is 1. The number of halogens is 4. The molecule has 0 bridgehead atoms. The van der Waals surface area contributed by atoms with Crippen LogP contribution in [0.25, 0.3) is 0 Å². The first-order chi connectivity index (χ1) is 12.5. The summed E-state index contributed by atoms with van der Waals surface area (Å²) in [6.07, 6.45) is 1.66. The summed E-state index contributed by atoms with van der Waals surface area (Å²) in [6.45, 7) is 0.252. The molecule has 8 heteroatoms. The Morgan fingerprint density at radius 2 is 1.58 bits per heavy atom. The number of ether oxygens (including phenoxy) is 1. The predicted octanol–water partition coefficient (Wildman–Crippen LogP) is 4.22. The number of aromatic nitrogens is 2. The molecule has 0 saturated carbocycles. The molecule has 2 aromatic heterocycles. The standard InChI is InChI=1S/C18H13F4N3O/c19-14-16(15(20)18(22)25-17(14)21)24-9-11-4-6-13(7-5-11)26-10-12-3-1-2-8-23-12/h1-8H,9-10H2,(H,24,25). The minimum Gasteiger partial charge on any atom is -0.487 e. The predicted molar refractivity (Wildman–Crippen MR) is 86.4 cm³/mol. The van der Waals surface area contributed by atoms with Crippen molar-refractivity contribution in [1.29, 1.82) is 0 Å². The first kappa shape index (κ1) is 17.7. The summed E-state index contributed by atoms with van der Waals surface area (Å²) in [5, 5.41) is 2.34. The second-order valence-corrected chi connectivity index (χ2v) is 5.30. The van der Waals surface area contributed by atoms with Crippen LogP contribution in [0.3, 0.4) is 0 Å². The third-order valence-electron chi connectivity index (χ3n) is 3.50. The van der Waals surface area contributed by atoms with E-state index in [-0.39, 0.29) is 6.54 Å². The van der Waals surface area contributed by atoms with Gasteiger partial charge in [-0.1, -0.05) is 18.2 Å². The van der Waals surface area contributed by atoms with Crippen molar-refractivity contribution in [1.82, 2.24) is 9.97 Å². The lowest BCUT2D eigenvalue weighted by Crippen LogP contribution is -2.09. The van der Waals surface area contributed by atoms with Gasteiger partial charge >= 0.3 is 0 Å². The zero-order chi connectivity index (χ0) is 18.5. The Kier molecular flexibility index (Phi) is 5.31. The summed E-state index contributed by atoms with van der Waals surface area (Å²) in [5.41, 5.74) is 0.503. The lowest BCUT2D eigenvalue weighted by atomic mass is 10.2. The van der Waals surface area contributed by atoms with E-state index in [2.05, 4.69) is 15.3 Å². The van der Waals surface area contributed by atoms with E-state index in [1.54, 1.807) is 36.5 Å². The van der Waals surface area contributed by atoms with Gasteiger partial charge in [-0.2, -0.15) is 22.5 Å². The van der Waals surface area contributed by atoms with Crippen LogP contribution in [0.2, 0.25) is 0 Å². The smallest absolute Gasteiger partial charge is 0.253 e. The summed E-state index contributed by atoms with van der Waals surface area (Å²) < 4.78 is 58.8. The quantitative estimate of drug-likeness (QED) is 0.526. The molecule has 1 aromatic carbocycles. The zero-order valence-electron chi connectivity index (χ0n) is 13.3. The van der Waals surface area contributed by atoms with E-state index in [4.69, 9.17) is 4.74 Å². The molecule has 26 heavy (non-hydrogen) atoms. The van der Waals surface area contributed by atoms with Gasteiger partial charge in [-0.15, -0.1) is 0 Å². The van der Waals surface area contributed by atoms with Gasteiger partial charge in [0.2, 0.25) is 11.6 Å². The van der Waals surface area contributed by atoms with Crippen LogP contribution in [0.5, 0.6) is 5.75 Å². The molecule has 3 rings (SSSR count). The van der Waals surface area contributed by atoms with Crippen molar-refractivity contribution in [2.75, 3.05) is 5.32 Å². The molecule has 0 spiro atoms. The first-order valence-electron chi connectivity index (χ1n) is 7.60. The number of pyridine rings is 2. The van der Waals surface area contributed by atoms with Crippen LogP contribution in [-0.4, -0.2) is 9.97 Å². The number of hydrogen-bond donors (Lipinski definition) is 1. The lowest BCUT2D eigenvalue weighted by Gasteiger charge is -2.10. The van der Waals surface area contributed by atoms with Gasteiger partial charge in [0.15, 0.2) is 0 Å². The van der Waals surface area contributed by atoms with Crippen LogP contribution in [0.4, 0.5) is 23.2 Å². The SMILES string of the molecule is Fc1nc(F)c(F)c(NCc2ccc(OCc3ccccn3)cc2)c1F. The van der Waals surface area contributed by atoms with Crippen LogP contribution in [0.1, 0.15) is 11.3 Å². The van der Waals surface area contributed by atoms with Crippen molar-refractivity contribution in [3.63, 3.8) is 0 Å². The number of nitrogens with zero attached hydrogens (tertiary/aromatic N) is 2. The molecule has 0 fully saturated rings. The van der Waals surface area contributed by atoms with Gasteiger partial charge in [0.25, 0.3) is 11.9 Å². The Morgan fingerprint density at radius 3 is 2.19 bits per heavy atom. The van der Waals surface area contributed by atoms with Crippen LogP contribution >= 0.6 is 0 Å². The van der Waals surface area contributed by atoms with Crippen molar-refractivity contribution < 1.29 is 22.3 Å². The normalized spacial score (nSPS) is 10.6. The first-order valence-corrected chi connectivity index (χ1v) is 7.60. The molecule has 1 N–H and O–H groups in total.